The van der Waals surface area contributed by atoms with Gasteiger partial charge in [-0.2, -0.15) is 0 Å². The summed E-state index contributed by atoms with van der Waals surface area (Å²) in [6.45, 7) is 9.26. The highest BCUT2D eigenvalue weighted by molar-refractivity contribution is 4.96. The third-order valence-corrected chi connectivity index (χ3v) is 5.14. The van der Waals surface area contributed by atoms with Gasteiger partial charge in [0, 0.05) is 0 Å². The normalized spacial score (nSPS) is 34.5. The smallest absolute Gasteiger partial charge is 0.0916 e. The number of aliphatic hydroxyl groups is 1. The summed E-state index contributed by atoms with van der Waals surface area (Å²) in [5, 5.41) is 10.2. The number of hydrogen-bond donors (Lipinski definition) is 1. The molecular formula is C18H32O3. The summed E-state index contributed by atoms with van der Waals surface area (Å²) in [5.41, 5.74) is 1.16. The highest BCUT2D eigenvalue weighted by atomic mass is 16.6. The fourth-order valence-electron chi connectivity index (χ4n) is 3.44. The average Bonchev–Trinajstić information content (AvgIpc) is 2.86. The van der Waals surface area contributed by atoms with Crippen molar-refractivity contribution < 1.29 is 14.6 Å². The van der Waals surface area contributed by atoms with Gasteiger partial charge in [-0.05, 0) is 58.8 Å². The molecule has 2 fully saturated rings. The minimum Gasteiger partial charge on any atom is -0.393 e. The number of ether oxygens (including phenoxy) is 2. The van der Waals surface area contributed by atoms with E-state index in [0.29, 0.717) is 12.0 Å². The molecule has 21 heavy (non-hydrogen) atoms. The van der Waals surface area contributed by atoms with Crippen LogP contribution in [0.3, 0.4) is 0 Å². The summed E-state index contributed by atoms with van der Waals surface area (Å²) in [6.07, 6.45) is 8.74. The van der Waals surface area contributed by atoms with Crippen LogP contribution < -0.4 is 0 Å². The van der Waals surface area contributed by atoms with Crippen LogP contribution in [0.1, 0.15) is 66.2 Å². The van der Waals surface area contributed by atoms with Crippen LogP contribution in [0.4, 0.5) is 0 Å². The van der Waals surface area contributed by atoms with Crippen LogP contribution >= 0.6 is 0 Å². The first-order valence-corrected chi connectivity index (χ1v) is 8.51. The van der Waals surface area contributed by atoms with Crippen LogP contribution in [0.2, 0.25) is 0 Å². The van der Waals surface area contributed by atoms with E-state index in [1.54, 1.807) is 0 Å². The number of fused-ring (bicyclic) bond motifs is 2. The molecule has 2 heterocycles. The van der Waals surface area contributed by atoms with Crippen LogP contribution in [0, 0.1) is 5.92 Å². The van der Waals surface area contributed by atoms with Crippen molar-refractivity contribution in [3.05, 3.63) is 11.6 Å². The van der Waals surface area contributed by atoms with E-state index in [4.69, 9.17) is 9.47 Å². The molecule has 0 aliphatic carbocycles. The van der Waals surface area contributed by atoms with Crippen LogP contribution in [-0.2, 0) is 9.47 Å². The van der Waals surface area contributed by atoms with E-state index < -0.39 is 0 Å². The average molecular weight is 296 g/mol. The lowest BCUT2D eigenvalue weighted by molar-refractivity contribution is -0.201. The molecule has 0 amide bonds. The SMILES string of the molecule is CC(C)=CCC(O)C(C)CCCC1(C)OCC2CCC1O2. The second kappa shape index (κ2) is 7.26. The van der Waals surface area contributed by atoms with Crippen LogP contribution in [-0.4, -0.2) is 35.6 Å². The zero-order chi connectivity index (χ0) is 15.5. The Morgan fingerprint density at radius 2 is 2.14 bits per heavy atom. The van der Waals surface area contributed by atoms with Crippen LogP contribution in [0.5, 0.6) is 0 Å². The minimum atomic E-state index is -0.230. The number of rotatable bonds is 7. The number of hydrogen-bond acceptors (Lipinski definition) is 3. The van der Waals surface area contributed by atoms with Gasteiger partial charge in [0.05, 0.1) is 30.5 Å². The molecular weight excluding hydrogens is 264 g/mol. The topological polar surface area (TPSA) is 38.7 Å². The first-order valence-electron chi connectivity index (χ1n) is 8.51. The van der Waals surface area contributed by atoms with Crippen LogP contribution in [0.25, 0.3) is 0 Å². The van der Waals surface area contributed by atoms with Gasteiger partial charge in [0.1, 0.15) is 0 Å². The summed E-state index contributed by atoms with van der Waals surface area (Å²) in [4.78, 5) is 0. The molecule has 0 spiro atoms. The Hall–Kier alpha value is -0.380. The summed E-state index contributed by atoms with van der Waals surface area (Å²) in [5.74, 6) is 0.338. The molecule has 2 saturated heterocycles. The van der Waals surface area contributed by atoms with Crippen molar-refractivity contribution in [2.24, 2.45) is 5.92 Å². The Balaban J connectivity index is 1.72. The molecule has 0 aromatic rings. The lowest BCUT2D eigenvalue weighted by atomic mass is 9.87. The third kappa shape index (κ3) is 4.54. The molecule has 0 aromatic heterocycles. The Labute approximate surface area is 129 Å². The molecule has 122 valence electrons. The lowest BCUT2D eigenvalue weighted by Gasteiger charge is -2.39. The number of allylic oxidation sites excluding steroid dienone is 1. The van der Waals surface area contributed by atoms with Crippen molar-refractivity contribution in [3.63, 3.8) is 0 Å². The number of aliphatic hydroxyl groups excluding tert-OH is 1. The van der Waals surface area contributed by atoms with Gasteiger partial charge in [-0.1, -0.05) is 25.0 Å². The Bertz CT molecular complexity index is 361. The molecule has 3 heteroatoms. The molecule has 2 aliphatic heterocycles. The molecule has 5 unspecified atom stereocenters. The van der Waals surface area contributed by atoms with Gasteiger partial charge in [0.2, 0.25) is 0 Å². The van der Waals surface area contributed by atoms with Crippen molar-refractivity contribution >= 4 is 0 Å². The second-order valence-corrected chi connectivity index (χ2v) is 7.40. The lowest BCUT2D eigenvalue weighted by Crippen LogP contribution is -2.47. The van der Waals surface area contributed by atoms with E-state index in [-0.39, 0.29) is 17.8 Å². The summed E-state index contributed by atoms with van der Waals surface area (Å²) in [6, 6.07) is 0. The zero-order valence-electron chi connectivity index (χ0n) is 14.1. The predicted molar refractivity (Wildman–Crippen MR) is 85.3 cm³/mol. The predicted octanol–water partition coefficient (Wildman–Crippen LogP) is 3.85. The first-order chi connectivity index (χ1) is 9.90. The van der Waals surface area contributed by atoms with Gasteiger partial charge in [0.25, 0.3) is 0 Å². The first kappa shape index (κ1) is 17.0. The van der Waals surface area contributed by atoms with E-state index in [1.807, 2.05) is 0 Å². The van der Waals surface area contributed by atoms with E-state index in [9.17, 15) is 5.11 Å². The summed E-state index contributed by atoms with van der Waals surface area (Å²) < 4.78 is 12.1. The van der Waals surface area contributed by atoms with Crippen molar-refractivity contribution in [1.82, 2.24) is 0 Å². The van der Waals surface area contributed by atoms with Gasteiger partial charge in [-0.15, -0.1) is 0 Å². The Kier molecular flexibility index (Phi) is 5.87. The molecule has 0 radical (unpaired) electrons. The largest absolute Gasteiger partial charge is 0.393 e. The monoisotopic (exact) mass is 296 g/mol. The minimum absolute atomic E-state index is 0.114. The third-order valence-electron chi connectivity index (χ3n) is 5.14. The van der Waals surface area contributed by atoms with Crippen molar-refractivity contribution in [2.45, 2.75) is 90.1 Å². The summed E-state index contributed by atoms with van der Waals surface area (Å²) >= 11 is 0. The van der Waals surface area contributed by atoms with Crippen LogP contribution in [0.15, 0.2) is 11.6 Å². The van der Waals surface area contributed by atoms with Gasteiger partial charge in [0.15, 0.2) is 0 Å². The maximum Gasteiger partial charge on any atom is 0.0916 e. The fourth-order valence-corrected chi connectivity index (χ4v) is 3.44. The zero-order valence-corrected chi connectivity index (χ0v) is 14.1. The molecule has 3 nitrogen and oxygen atoms in total. The highest BCUT2D eigenvalue weighted by Crippen LogP contribution is 2.39. The molecule has 0 aromatic carbocycles. The quantitative estimate of drug-likeness (QED) is 0.725. The van der Waals surface area contributed by atoms with Crippen molar-refractivity contribution in [2.75, 3.05) is 6.61 Å². The molecule has 2 bridgehead atoms. The van der Waals surface area contributed by atoms with Gasteiger partial charge >= 0.3 is 0 Å². The Morgan fingerprint density at radius 3 is 2.86 bits per heavy atom. The van der Waals surface area contributed by atoms with Gasteiger partial charge in [-0.25, -0.2) is 0 Å². The maximum absolute atomic E-state index is 10.2. The fraction of sp³-hybridized carbons (Fsp3) is 0.889. The van der Waals surface area contributed by atoms with Gasteiger partial charge in [-0.3, -0.25) is 0 Å². The standard InChI is InChI=1S/C18H32O3/c1-13(2)7-9-16(19)14(3)6-5-11-18(4)17-10-8-15(21-17)12-20-18/h7,14-17,19H,5-6,8-12H2,1-4H3. The molecule has 2 rings (SSSR count). The molecule has 5 atom stereocenters. The van der Waals surface area contributed by atoms with Crippen molar-refractivity contribution in [3.8, 4) is 0 Å². The van der Waals surface area contributed by atoms with E-state index in [0.717, 1.165) is 45.1 Å². The molecule has 1 N–H and O–H groups in total. The second-order valence-electron chi connectivity index (χ2n) is 7.40. The van der Waals surface area contributed by atoms with Crippen molar-refractivity contribution in [1.29, 1.82) is 0 Å². The van der Waals surface area contributed by atoms with E-state index in [2.05, 4.69) is 33.8 Å². The van der Waals surface area contributed by atoms with E-state index >= 15 is 0 Å². The molecule has 2 aliphatic rings. The van der Waals surface area contributed by atoms with E-state index in [1.165, 1.54) is 5.57 Å². The summed E-state index contributed by atoms with van der Waals surface area (Å²) in [7, 11) is 0. The molecule has 0 saturated carbocycles. The van der Waals surface area contributed by atoms with Gasteiger partial charge < -0.3 is 14.6 Å². The Morgan fingerprint density at radius 1 is 1.38 bits per heavy atom. The highest BCUT2D eigenvalue weighted by Gasteiger charge is 2.45. The maximum atomic E-state index is 10.2.